The lowest BCUT2D eigenvalue weighted by molar-refractivity contribution is 0.0204. The van der Waals surface area contributed by atoms with E-state index in [1.54, 1.807) is 11.0 Å². The molecule has 5 nitrogen and oxygen atoms in total. The van der Waals surface area contributed by atoms with E-state index < -0.39 is 5.60 Å². The van der Waals surface area contributed by atoms with Gasteiger partial charge in [0.05, 0.1) is 5.69 Å². The zero-order chi connectivity index (χ0) is 15.6. The predicted octanol–water partition coefficient (Wildman–Crippen LogP) is 3.09. The van der Waals surface area contributed by atoms with E-state index in [4.69, 9.17) is 10.5 Å². The van der Waals surface area contributed by atoms with Gasteiger partial charge in [-0.15, -0.1) is 0 Å². The largest absolute Gasteiger partial charge is 0.505 e. The van der Waals surface area contributed by atoms with Crippen LogP contribution >= 0.6 is 0 Å². The molecule has 0 atom stereocenters. The van der Waals surface area contributed by atoms with Crippen LogP contribution in [0.2, 0.25) is 0 Å². The molecule has 0 saturated carbocycles. The Morgan fingerprint density at radius 3 is 2.52 bits per heavy atom. The Labute approximate surface area is 125 Å². The number of likely N-dealkylation sites (tertiary alicyclic amines) is 1. The molecule has 1 fully saturated rings. The molecular formula is C16H24N2O3. The van der Waals surface area contributed by atoms with E-state index in [-0.39, 0.29) is 17.8 Å². The smallest absolute Gasteiger partial charge is 0.410 e. The van der Waals surface area contributed by atoms with Crippen molar-refractivity contribution in [3.8, 4) is 5.75 Å². The zero-order valence-corrected chi connectivity index (χ0v) is 12.9. The highest BCUT2D eigenvalue weighted by Crippen LogP contribution is 2.36. The van der Waals surface area contributed by atoms with E-state index in [9.17, 15) is 9.90 Å². The molecule has 3 N–H and O–H groups in total. The van der Waals surface area contributed by atoms with Gasteiger partial charge in [0.1, 0.15) is 11.4 Å². The van der Waals surface area contributed by atoms with Crippen LogP contribution < -0.4 is 5.73 Å². The molecule has 0 aliphatic carbocycles. The van der Waals surface area contributed by atoms with Crippen LogP contribution in [0.5, 0.6) is 5.75 Å². The first kappa shape index (κ1) is 15.5. The number of para-hydroxylation sites is 1. The van der Waals surface area contributed by atoms with Crippen LogP contribution in [0.15, 0.2) is 18.2 Å². The summed E-state index contributed by atoms with van der Waals surface area (Å²) < 4.78 is 5.38. The van der Waals surface area contributed by atoms with Crippen molar-refractivity contribution in [2.24, 2.45) is 0 Å². The molecule has 1 aromatic carbocycles. The minimum atomic E-state index is -0.472. The molecule has 0 unspecified atom stereocenters. The van der Waals surface area contributed by atoms with Gasteiger partial charge in [-0.1, -0.05) is 12.1 Å². The van der Waals surface area contributed by atoms with E-state index >= 15 is 0 Å². The standard InChI is InChI=1S/C16H24N2O3/c1-16(2,3)21-15(20)18-9-7-11(8-10-18)12-5-4-6-13(17)14(12)19/h4-6,11,19H,7-10,17H2,1-3H3. The molecule has 0 bridgehead atoms. The van der Waals surface area contributed by atoms with Gasteiger partial charge in [-0.05, 0) is 51.2 Å². The molecule has 1 heterocycles. The Balaban J connectivity index is 1.97. The van der Waals surface area contributed by atoms with E-state index in [1.807, 2.05) is 32.9 Å². The Morgan fingerprint density at radius 2 is 1.95 bits per heavy atom. The number of carbonyl (C=O) groups excluding carboxylic acids is 1. The second kappa shape index (κ2) is 5.84. The van der Waals surface area contributed by atoms with Crippen LogP contribution in [0.1, 0.15) is 45.1 Å². The average Bonchev–Trinajstić information content (AvgIpc) is 2.40. The van der Waals surface area contributed by atoms with Crippen LogP contribution in [-0.2, 0) is 4.74 Å². The molecule has 1 aromatic rings. The first-order valence-electron chi connectivity index (χ1n) is 7.33. The third-order valence-electron chi connectivity index (χ3n) is 3.68. The summed E-state index contributed by atoms with van der Waals surface area (Å²) in [7, 11) is 0. The summed E-state index contributed by atoms with van der Waals surface area (Å²) in [5.41, 5.74) is 6.54. The predicted molar refractivity (Wildman–Crippen MR) is 82.3 cm³/mol. The maximum Gasteiger partial charge on any atom is 0.410 e. The van der Waals surface area contributed by atoms with Crippen LogP contribution in [0.4, 0.5) is 10.5 Å². The fourth-order valence-corrected chi connectivity index (χ4v) is 2.61. The van der Waals surface area contributed by atoms with E-state index in [0.29, 0.717) is 18.8 Å². The van der Waals surface area contributed by atoms with Gasteiger partial charge in [0.2, 0.25) is 0 Å². The molecule has 2 rings (SSSR count). The maximum atomic E-state index is 12.0. The lowest BCUT2D eigenvalue weighted by Gasteiger charge is -2.33. The van der Waals surface area contributed by atoms with E-state index in [2.05, 4.69) is 0 Å². The number of piperidine rings is 1. The number of aromatic hydroxyl groups is 1. The van der Waals surface area contributed by atoms with Gasteiger partial charge in [-0.2, -0.15) is 0 Å². The van der Waals surface area contributed by atoms with Crippen molar-refractivity contribution in [2.45, 2.75) is 45.1 Å². The third kappa shape index (κ3) is 3.80. The van der Waals surface area contributed by atoms with Crippen LogP contribution in [0, 0.1) is 0 Å². The minimum Gasteiger partial charge on any atom is -0.505 e. The number of amides is 1. The number of nitrogen functional groups attached to an aromatic ring is 1. The van der Waals surface area contributed by atoms with Gasteiger partial charge >= 0.3 is 6.09 Å². The lowest BCUT2D eigenvalue weighted by atomic mass is 9.88. The highest BCUT2D eigenvalue weighted by atomic mass is 16.6. The van der Waals surface area contributed by atoms with Crippen LogP contribution in [-0.4, -0.2) is 34.8 Å². The SMILES string of the molecule is CC(C)(C)OC(=O)N1CCC(c2cccc(N)c2O)CC1. The number of anilines is 1. The van der Waals surface area contributed by atoms with Crippen molar-refractivity contribution < 1.29 is 14.6 Å². The molecule has 21 heavy (non-hydrogen) atoms. The number of phenolic OH excluding ortho intramolecular Hbond substituents is 1. The number of nitrogens with two attached hydrogens (primary N) is 1. The fraction of sp³-hybridized carbons (Fsp3) is 0.562. The quantitative estimate of drug-likeness (QED) is 0.616. The summed E-state index contributed by atoms with van der Waals surface area (Å²) in [4.78, 5) is 13.7. The molecule has 1 amide bonds. The van der Waals surface area contributed by atoms with Crippen LogP contribution in [0.3, 0.4) is 0 Å². The third-order valence-corrected chi connectivity index (χ3v) is 3.68. The molecule has 0 radical (unpaired) electrons. The Bertz CT molecular complexity index is 515. The second-order valence-corrected chi connectivity index (χ2v) is 6.53. The van der Waals surface area contributed by atoms with Gasteiger partial charge in [0.15, 0.2) is 0 Å². The number of rotatable bonds is 1. The molecule has 0 spiro atoms. The zero-order valence-electron chi connectivity index (χ0n) is 12.9. The van der Waals surface area contributed by atoms with Crippen molar-refractivity contribution in [1.29, 1.82) is 0 Å². The lowest BCUT2D eigenvalue weighted by Crippen LogP contribution is -2.41. The number of carbonyl (C=O) groups is 1. The van der Waals surface area contributed by atoms with Crippen molar-refractivity contribution >= 4 is 11.8 Å². The first-order valence-corrected chi connectivity index (χ1v) is 7.33. The van der Waals surface area contributed by atoms with Crippen molar-refractivity contribution in [2.75, 3.05) is 18.8 Å². The average molecular weight is 292 g/mol. The van der Waals surface area contributed by atoms with Crippen molar-refractivity contribution in [1.82, 2.24) is 4.90 Å². The fourth-order valence-electron chi connectivity index (χ4n) is 2.61. The summed E-state index contributed by atoms with van der Waals surface area (Å²) in [5, 5.41) is 10.0. The van der Waals surface area contributed by atoms with Crippen LogP contribution in [0.25, 0.3) is 0 Å². The Morgan fingerprint density at radius 1 is 1.33 bits per heavy atom. The van der Waals surface area contributed by atoms with Gasteiger partial charge in [0, 0.05) is 13.1 Å². The highest BCUT2D eigenvalue weighted by molar-refractivity contribution is 5.68. The van der Waals surface area contributed by atoms with Crippen molar-refractivity contribution in [3.63, 3.8) is 0 Å². The van der Waals surface area contributed by atoms with E-state index in [1.165, 1.54) is 0 Å². The van der Waals surface area contributed by atoms with E-state index in [0.717, 1.165) is 18.4 Å². The summed E-state index contributed by atoms with van der Waals surface area (Å²) >= 11 is 0. The number of nitrogens with zero attached hydrogens (tertiary/aromatic N) is 1. The Kier molecular flexibility index (Phi) is 4.30. The van der Waals surface area contributed by atoms with Gasteiger partial charge in [-0.3, -0.25) is 0 Å². The first-order chi connectivity index (χ1) is 9.78. The summed E-state index contributed by atoms with van der Waals surface area (Å²) in [6.45, 7) is 6.86. The number of phenols is 1. The Hall–Kier alpha value is -1.91. The summed E-state index contributed by atoms with van der Waals surface area (Å²) in [5.74, 6) is 0.403. The molecule has 116 valence electrons. The number of hydrogen-bond donors (Lipinski definition) is 2. The maximum absolute atomic E-state index is 12.0. The summed E-state index contributed by atoms with van der Waals surface area (Å²) in [6, 6.07) is 5.44. The minimum absolute atomic E-state index is 0.174. The number of ether oxygens (including phenoxy) is 1. The normalized spacial score (nSPS) is 16.8. The number of benzene rings is 1. The number of hydrogen-bond acceptors (Lipinski definition) is 4. The molecule has 0 aromatic heterocycles. The molecule has 1 aliphatic rings. The van der Waals surface area contributed by atoms with Gasteiger partial charge in [-0.25, -0.2) is 4.79 Å². The summed E-state index contributed by atoms with van der Waals surface area (Å²) in [6.07, 6.45) is 1.34. The topological polar surface area (TPSA) is 75.8 Å². The molecule has 5 heteroatoms. The molecular weight excluding hydrogens is 268 g/mol. The van der Waals surface area contributed by atoms with Gasteiger partial charge in [0.25, 0.3) is 0 Å². The monoisotopic (exact) mass is 292 g/mol. The second-order valence-electron chi connectivity index (χ2n) is 6.53. The van der Waals surface area contributed by atoms with Crippen molar-refractivity contribution in [3.05, 3.63) is 23.8 Å². The van der Waals surface area contributed by atoms with Gasteiger partial charge < -0.3 is 20.5 Å². The highest BCUT2D eigenvalue weighted by Gasteiger charge is 2.28. The molecule has 1 saturated heterocycles. The molecule has 1 aliphatic heterocycles.